The Balaban J connectivity index is 0.000000171. The van der Waals surface area contributed by atoms with Crippen LogP contribution in [0, 0.1) is 0 Å². The van der Waals surface area contributed by atoms with E-state index in [0.29, 0.717) is 58.6 Å². The first-order valence-corrected chi connectivity index (χ1v) is 40.9. The predicted molar refractivity (Wildman–Crippen MR) is 401 cm³/mol. The van der Waals surface area contributed by atoms with Gasteiger partial charge in [0.1, 0.15) is 55.7 Å². The van der Waals surface area contributed by atoms with Crippen molar-refractivity contribution in [1.29, 1.82) is 0 Å². The van der Waals surface area contributed by atoms with E-state index in [1.54, 1.807) is 57.2 Å². The second-order valence-electron chi connectivity index (χ2n) is 32.8. The highest BCUT2D eigenvalue weighted by Gasteiger charge is 2.54. The highest BCUT2D eigenvalue weighted by Crippen LogP contribution is 2.51. The summed E-state index contributed by atoms with van der Waals surface area (Å²) in [5, 5.41) is 3.00. The van der Waals surface area contributed by atoms with Crippen LogP contribution in [0.5, 0.6) is 28.7 Å². The van der Waals surface area contributed by atoms with Gasteiger partial charge in [-0.3, -0.25) is 61.7 Å². The van der Waals surface area contributed by atoms with E-state index in [1.807, 2.05) is 132 Å². The summed E-state index contributed by atoms with van der Waals surface area (Å²) in [5.74, 6) is 1.24. The van der Waals surface area contributed by atoms with Gasteiger partial charge in [0.05, 0.1) is 28.4 Å². The van der Waals surface area contributed by atoms with Crippen molar-refractivity contribution < 1.29 is 123 Å². The van der Waals surface area contributed by atoms with Gasteiger partial charge in [-0.05, 0) is 175 Å². The van der Waals surface area contributed by atoms with Crippen LogP contribution in [0.2, 0.25) is 0 Å². The number of amides is 5. The molecule has 35 heteroatoms. The van der Waals surface area contributed by atoms with E-state index in [0.717, 1.165) is 59.4 Å². The van der Waals surface area contributed by atoms with Gasteiger partial charge in [0, 0.05) is 0 Å². The molecule has 5 aromatic carbocycles. The van der Waals surface area contributed by atoms with Crippen LogP contribution < -0.4 is 48.6 Å². The molecule has 31 nitrogen and oxygen atoms in total. The molecule has 1 atom stereocenters. The quantitative estimate of drug-likeness (QED) is 0.0524. The molecule has 0 saturated heterocycles. The van der Waals surface area contributed by atoms with Crippen LogP contribution in [0.3, 0.4) is 0 Å². The minimum atomic E-state index is -4.69. The first-order chi connectivity index (χ1) is 49.3. The third kappa shape index (κ3) is 21.5. The van der Waals surface area contributed by atoms with Crippen LogP contribution in [-0.2, 0) is 87.4 Å². The smallest absolute Gasteiger partial charge is 0.471 e. The van der Waals surface area contributed by atoms with Gasteiger partial charge in [0.2, 0.25) is 0 Å². The number of hydrogen-bond acceptors (Lipinski definition) is 18. The number of nitrogens with one attached hydrogen (secondary N) is 1. The van der Waals surface area contributed by atoms with Crippen LogP contribution in [-0.4, -0.2) is 125 Å². The Bertz CT molecular complexity index is 4420. The van der Waals surface area contributed by atoms with E-state index in [2.05, 4.69) is 50.2 Å². The molecule has 2 aliphatic carbocycles. The van der Waals surface area contributed by atoms with Crippen molar-refractivity contribution in [3.63, 3.8) is 0 Å². The van der Waals surface area contributed by atoms with Gasteiger partial charge < -0.3 is 68.1 Å². The van der Waals surface area contributed by atoms with Crippen LogP contribution in [0.25, 0.3) is 0 Å². The molecule has 5 aliphatic heterocycles. The maximum absolute atomic E-state index is 12.8. The molecule has 2 fully saturated rings. The number of phosphoric ester groups is 4. The molecule has 0 bridgehead atoms. The molecule has 0 radical (unpaired) electrons. The average molecular weight is 1590 g/mol. The summed E-state index contributed by atoms with van der Waals surface area (Å²) in [6.45, 7) is 33.3. The summed E-state index contributed by atoms with van der Waals surface area (Å²) < 4.78 is 90.3. The molecule has 0 aromatic heterocycles. The van der Waals surface area contributed by atoms with Gasteiger partial charge >= 0.3 is 31.3 Å². The molecule has 5 amide bonds. The zero-order valence-electron chi connectivity index (χ0n) is 64.0. The third-order valence-electron chi connectivity index (χ3n) is 18.7. The molecule has 12 rings (SSSR count). The summed E-state index contributed by atoms with van der Waals surface area (Å²) in [5.41, 5.74) is 4.60. The molecular formula is C73H101N5O26P4. The summed E-state index contributed by atoms with van der Waals surface area (Å²) in [6, 6.07) is 28.0. The average Bonchev–Trinajstić information content (AvgIpc) is 0.732. The molecule has 108 heavy (non-hydrogen) atoms. The summed E-state index contributed by atoms with van der Waals surface area (Å²) in [7, 11) is -18.7. The maximum Gasteiger partial charge on any atom is 0.471 e. The minimum Gasteiger partial charge on any atom is -0.482 e. The van der Waals surface area contributed by atoms with Crippen molar-refractivity contribution in [2.75, 3.05) is 58.4 Å². The Morgan fingerprint density at radius 3 is 1.14 bits per heavy atom. The molecule has 7 aliphatic rings. The second-order valence-corrected chi connectivity index (χ2v) is 37.7. The number of phosphoric acid groups is 4. The van der Waals surface area contributed by atoms with Gasteiger partial charge in [-0.25, -0.2) is 18.3 Å². The van der Waals surface area contributed by atoms with Crippen molar-refractivity contribution in [3.8, 4) is 28.7 Å². The summed E-state index contributed by atoms with van der Waals surface area (Å²) >= 11 is 0. The molecule has 594 valence electrons. The van der Waals surface area contributed by atoms with Crippen LogP contribution in [0.4, 0.5) is 28.4 Å². The van der Waals surface area contributed by atoms with Gasteiger partial charge in [0.15, 0.2) is 29.5 Å². The highest BCUT2D eigenvalue weighted by molar-refractivity contribution is 7.47. The van der Waals surface area contributed by atoms with E-state index in [9.17, 15) is 42.2 Å². The van der Waals surface area contributed by atoms with Crippen LogP contribution >= 0.6 is 31.3 Å². The maximum atomic E-state index is 12.8. The van der Waals surface area contributed by atoms with E-state index in [1.165, 1.54) is 25.2 Å². The van der Waals surface area contributed by atoms with E-state index < -0.39 is 98.8 Å². The number of benzene rings is 5. The number of carbonyl (C=O) groups excluding carboxylic acids is 5. The number of anilines is 5. The van der Waals surface area contributed by atoms with Gasteiger partial charge in [-0.1, -0.05) is 134 Å². The predicted octanol–water partition coefficient (Wildman–Crippen LogP) is 12.4. The lowest BCUT2D eigenvalue weighted by molar-refractivity contribution is -0.144. The van der Waals surface area contributed by atoms with Crippen molar-refractivity contribution in [2.45, 2.75) is 213 Å². The number of carbonyl (C=O) groups is 5. The fourth-order valence-electron chi connectivity index (χ4n) is 11.8. The van der Waals surface area contributed by atoms with Crippen molar-refractivity contribution in [3.05, 3.63) is 119 Å². The number of hydrogen-bond donors (Lipinski definition) is 9. The zero-order chi connectivity index (χ0) is 80.9. The number of rotatable bonds is 12. The molecule has 9 N–H and O–H groups in total. The lowest BCUT2D eigenvalue weighted by Crippen LogP contribution is -2.60. The normalized spacial score (nSPS) is 18.5. The lowest BCUT2D eigenvalue weighted by Gasteiger charge is -2.47. The number of nitrogens with zero attached hydrogens (tertiary/aromatic N) is 4. The molecule has 5 aromatic rings. The van der Waals surface area contributed by atoms with Crippen molar-refractivity contribution >= 4 is 89.3 Å². The van der Waals surface area contributed by atoms with E-state index in [4.69, 9.17) is 62.8 Å². The minimum absolute atomic E-state index is 0.0207. The second kappa shape index (κ2) is 31.6. The largest absolute Gasteiger partial charge is 0.482 e. The SMILES string of the molecule is CC(C)(C)c1ccc2c(c1)N(COP(=O)(O)O)C(=O)C1(CCC1)O2.CC(C)(C)c1ccc2c(c1)N(COP(=O)(O)O)C(=O)CO2.CC(C)(C)c1ccc2c(c1)NC(=O)C1(CCC1)O2.CC1(C)Oc2ccc(C(C)(C)C)cc2N(COP(=O)(O)O)C1=O.CC1Oc2ccc(C(C)(C)C)cc2N(COP(=O)(O)O)C1=O. The topological polar surface area (TPSA) is 424 Å². The van der Waals surface area contributed by atoms with Gasteiger partial charge in [-0.15, -0.1) is 0 Å². The fraction of sp³-hybridized carbons (Fsp3) is 0.521. The summed E-state index contributed by atoms with van der Waals surface area (Å²) in [4.78, 5) is 138. The monoisotopic (exact) mass is 1590 g/mol. The first kappa shape index (κ1) is 86.5. The first-order valence-electron chi connectivity index (χ1n) is 34.8. The van der Waals surface area contributed by atoms with Crippen LogP contribution in [0.1, 0.15) is 191 Å². The van der Waals surface area contributed by atoms with Crippen molar-refractivity contribution in [2.24, 2.45) is 0 Å². The third-order valence-corrected chi connectivity index (χ3v) is 20.5. The number of ether oxygens (including phenoxy) is 5. The van der Waals surface area contributed by atoms with Gasteiger partial charge in [-0.2, -0.15) is 0 Å². The van der Waals surface area contributed by atoms with Crippen molar-refractivity contribution in [1.82, 2.24) is 0 Å². The summed E-state index contributed by atoms with van der Waals surface area (Å²) in [6.07, 6.45) is 4.07. The van der Waals surface area contributed by atoms with E-state index >= 15 is 0 Å². The molecule has 5 heterocycles. The molecule has 2 saturated carbocycles. The Morgan fingerprint density at radius 2 is 0.750 bits per heavy atom. The molecular weight excluding hydrogens is 1490 g/mol. The Morgan fingerprint density at radius 1 is 0.426 bits per heavy atom. The molecule has 2 spiro atoms. The molecule has 1 unspecified atom stereocenters. The van der Waals surface area contributed by atoms with E-state index in [-0.39, 0.29) is 45.5 Å². The lowest BCUT2D eigenvalue weighted by atomic mass is 9.77. The Hall–Kier alpha value is -7.11. The van der Waals surface area contributed by atoms with Crippen LogP contribution in [0.15, 0.2) is 91.0 Å². The zero-order valence-corrected chi connectivity index (χ0v) is 67.6. The Labute approximate surface area is 628 Å². The standard InChI is InChI=1S/C16H22NO6P.C15H22NO6P.C15H19NO2.C14H20NO6P.C13H18NO6P/c1-15(2,3)11-5-6-13-12(9-11)17(10-22-24(19,20)21)14(18)16(23-13)7-4-8-16;1-14(2,3)10-6-7-12-11(8-10)16(9-21-23(18,19)20)13(17)15(4,5)22-12;1-14(2,3)10-5-6-12-11(9-10)16-13(17)15(18-12)7-4-8-15;1-9-13(16)15(8-20-22(17,18)19)11-7-10(14(2,3)4)5-6-12(11)21-9;1-13(2,3)9-4-5-11-10(6-9)14(12(15)7-19-11)8-20-21(16,17)18/h5-6,9H,4,7-8,10H2,1-3H3,(H2,19,20,21);6-8H,9H2,1-5H3,(H2,18,19,20);5-6,9H,4,7-8H2,1-3H3,(H,16,17);5-7,9H,8H2,1-4H3,(H2,17,18,19);4-6H,7-8H2,1-3H3,(H2,16,17,18). The number of fused-ring (bicyclic) bond motifs is 5. The fourth-order valence-corrected chi connectivity index (χ4v) is 12.9. The Kier molecular flexibility index (Phi) is 25.3. The highest BCUT2D eigenvalue weighted by atomic mass is 31.2. The van der Waals surface area contributed by atoms with Gasteiger partial charge in [0.25, 0.3) is 29.5 Å².